The highest BCUT2D eigenvalue weighted by Crippen LogP contribution is 2.12. The van der Waals surface area contributed by atoms with E-state index in [2.05, 4.69) is 6.92 Å². The molecular weight excluding hydrogens is 150 g/mol. The molecule has 0 fully saturated rings. The number of rotatable bonds is 4. The van der Waals surface area contributed by atoms with Gasteiger partial charge in [0.25, 0.3) is 0 Å². The van der Waals surface area contributed by atoms with Crippen LogP contribution in [-0.4, -0.2) is 6.04 Å². The van der Waals surface area contributed by atoms with Gasteiger partial charge in [-0.1, -0.05) is 6.92 Å². The van der Waals surface area contributed by atoms with Crippen LogP contribution in [0.2, 0.25) is 0 Å². The molecule has 68 valence electrons. The lowest BCUT2D eigenvalue weighted by Gasteiger charge is -2.11. The molecule has 0 amide bonds. The minimum atomic E-state index is 0.287. The van der Waals surface area contributed by atoms with Gasteiger partial charge >= 0.3 is 0 Å². The van der Waals surface area contributed by atoms with Gasteiger partial charge in [-0.15, -0.1) is 0 Å². The standard InChI is InChI=1S/C10H17NO/c1-8(6-9(2)11)7-10-4-3-5-12-10/h3-5,8-9H,6-7,11H2,1-2H3/t8-,9-/m0/s1. The fourth-order valence-corrected chi connectivity index (χ4v) is 1.49. The second-order valence-corrected chi connectivity index (χ2v) is 3.60. The molecule has 0 unspecified atom stereocenters. The van der Waals surface area contributed by atoms with Crippen molar-refractivity contribution in [1.82, 2.24) is 0 Å². The average Bonchev–Trinajstić information content (AvgIpc) is 2.37. The molecule has 1 aromatic rings. The van der Waals surface area contributed by atoms with Crippen LogP contribution in [0, 0.1) is 5.92 Å². The van der Waals surface area contributed by atoms with Crippen molar-refractivity contribution in [2.75, 3.05) is 0 Å². The van der Waals surface area contributed by atoms with Gasteiger partial charge in [-0.05, 0) is 31.4 Å². The molecule has 0 saturated carbocycles. The summed E-state index contributed by atoms with van der Waals surface area (Å²) in [5.74, 6) is 1.67. The Bertz CT molecular complexity index is 204. The predicted molar refractivity (Wildman–Crippen MR) is 49.8 cm³/mol. The van der Waals surface area contributed by atoms with Crippen molar-refractivity contribution in [3.8, 4) is 0 Å². The number of nitrogens with two attached hydrogens (primary N) is 1. The van der Waals surface area contributed by atoms with Crippen molar-refractivity contribution in [3.63, 3.8) is 0 Å². The molecule has 0 aliphatic heterocycles. The van der Waals surface area contributed by atoms with Gasteiger partial charge in [0.15, 0.2) is 0 Å². The zero-order chi connectivity index (χ0) is 8.97. The summed E-state index contributed by atoms with van der Waals surface area (Å²) in [5, 5.41) is 0. The highest BCUT2D eigenvalue weighted by Gasteiger charge is 2.07. The predicted octanol–water partition coefficient (Wildman–Crippen LogP) is 2.20. The van der Waals surface area contributed by atoms with E-state index in [1.54, 1.807) is 6.26 Å². The summed E-state index contributed by atoms with van der Waals surface area (Å²) in [6.45, 7) is 4.24. The molecule has 0 bridgehead atoms. The van der Waals surface area contributed by atoms with Crippen LogP contribution < -0.4 is 5.73 Å². The largest absolute Gasteiger partial charge is 0.469 e. The van der Waals surface area contributed by atoms with E-state index < -0.39 is 0 Å². The lowest BCUT2D eigenvalue weighted by molar-refractivity contribution is 0.421. The van der Waals surface area contributed by atoms with Crippen LogP contribution in [0.15, 0.2) is 22.8 Å². The summed E-state index contributed by atoms with van der Waals surface area (Å²) >= 11 is 0. The third-order valence-electron chi connectivity index (χ3n) is 1.90. The van der Waals surface area contributed by atoms with Crippen molar-refractivity contribution in [2.45, 2.75) is 32.7 Å². The Labute approximate surface area is 73.8 Å². The Morgan fingerprint density at radius 2 is 2.25 bits per heavy atom. The van der Waals surface area contributed by atoms with E-state index in [0.717, 1.165) is 18.6 Å². The van der Waals surface area contributed by atoms with Crippen molar-refractivity contribution in [3.05, 3.63) is 24.2 Å². The topological polar surface area (TPSA) is 39.2 Å². The van der Waals surface area contributed by atoms with E-state index in [0.29, 0.717) is 5.92 Å². The molecule has 2 heteroatoms. The molecule has 1 aromatic heterocycles. The molecule has 2 nitrogen and oxygen atoms in total. The summed E-state index contributed by atoms with van der Waals surface area (Å²) in [6, 6.07) is 4.22. The van der Waals surface area contributed by atoms with Crippen molar-refractivity contribution in [2.24, 2.45) is 11.7 Å². The first kappa shape index (κ1) is 9.33. The minimum absolute atomic E-state index is 0.287. The summed E-state index contributed by atoms with van der Waals surface area (Å²) in [7, 11) is 0. The summed E-state index contributed by atoms with van der Waals surface area (Å²) in [5.41, 5.74) is 5.69. The van der Waals surface area contributed by atoms with Crippen LogP contribution in [0.5, 0.6) is 0 Å². The van der Waals surface area contributed by atoms with Gasteiger partial charge in [0.05, 0.1) is 6.26 Å². The Hall–Kier alpha value is -0.760. The van der Waals surface area contributed by atoms with Crippen LogP contribution >= 0.6 is 0 Å². The van der Waals surface area contributed by atoms with E-state index in [4.69, 9.17) is 10.2 Å². The van der Waals surface area contributed by atoms with Gasteiger partial charge in [0, 0.05) is 12.5 Å². The lowest BCUT2D eigenvalue weighted by Crippen LogP contribution is -2.19. The third-order valence-corrected chi connectivity index (χ3v) is 1.90. The Balaban J connectivity index is 2.32. The summed E-state index contributed by atoms with van der Waals surface area (Å²) in [4.78, 5) is 0. The van der Waals surface area contributed by atoms with E-state index in [-0.39, 0.29) is 6.04 Å². The first-order valence-electron chi connectivity index (χ1n) is 4.46. The van der Waals surface area contributed by atoms with Crippen molar-refractivity contribution in [1.29, 1.82) is 0 Å². The zero-order valence-electron chi connectivity index (χ0n) is 7.79. The molecule has 0 aromatic carbocycles. The second-order valence-electron chi connectivity index (χ2n) is 3.60. The normalized spacial score (nSPS) is 15.9. The van der Waals surface area contributed by atoms with Gasteiger partial charge < -0.3 is 10.2 Å². The maximum Gasteiger partial charge on any atom is 0.104 e. The molecule has 0 aliphatic carbocycles. The molecule has 1 rings (SSSR count). The van der Waals surface area contributed by atoms with Gasteiger partial charge in [-0.2, -0.15) is 0 Å². The maximum absolute atomic E-state index is 5.69. The molecule has 0 radical (unpaired) electrons. The first-order chi connectivity index (χ1) is 5.68. The Kier molecular flexibility index (Phi) is 3.35. The minimum Gasteiger partial charge on any atom is -0.469 e. The highest BCUT2D eigenvalue weighted by molar-refractivity contribution is 4.98. The van der Waals surface area contributed by atoms with Gasteiger partial charge in [0.2, 0.25) is 0 Å². The van der Waals surface area contributed by atoms with Gasteiger partial charge in [0.1, 0.15) is 5.76 Å². The molecular formula is C10H17NO. The monoisotopic (exact) mass is 167 g/mol. The Morgan fingerprint density at radius 3 is 2.75 bits per heavy atom. The van der Waals surface area contributed by atoms with Crippen LogP contribution in [0.4, 0.5) is 0 Å². The van der Waals surface area contributed by atoms with E-state index >= 15 is 0 Å². The quantitative estimate of drug-likeness (QED) is 0.746. The molecule has 12 heavy (non-hydrogen) atoms. The first-order valence-corrected chi connectivity index (χ1v) is 4.46. The molecule has 2 N–H and O–H groups in total. The maximum atomic E-state index is 5.69. The lowest BCUT2D eigenvalue weighted by atomic mass is 9.99. The van der Waals surface area contributed by atoms with Crippen LogP contribution in [0.3, 0.4) is 0 Å². The molecule has 2 atom stereocenters. The summed E-state index contributed by atoms with van der Waals surface area (Å²) < 4.78 is 5.24. The molecule has 0 saturated heterocycles. The summed E-state index contributed by atoms with van der Waals surface area (Å²) in [6.07, 6.45) is 3.77. The third kappa shape index (κ3) is 3.09. The van der Waals surface area contributed by atoms with Crippen LogP contribution in [0.1, 0.15) is 26.0 Å². The van der Waals surface area contributed by atoms with Gasteiger partial charge in [-0.25, -0.2) is 0 Å². The molecule has 0 spiro atoms. The SMILES string of the molecule is C[C@H](Cc1ccco1)C[C@H](C)N. The van der Waals surface area contributed by atoms with E-state index in [1.165, 1.54) is 0 Å². The number of furan rings is 1. The smallest absolute Gasteiger partial charge is 0.104 e. The molecule has 0 aliphatic rings. The van der Waals surface area contributed by atoms with Crippen molar-refractivity contribution >= 4 is 0 Å². The van der Waals surface area contributed by atoms with E-state index in [9.17, 15) is 0 Å². The van der Waals surface area contributed by atoms with Crippen LogP contribution in [0.25, 0.3) is 0 Å². The average molecular weight is 167 g/mol. The van der Waals surface area contributed by atoms with Gasteiger partial charge in [-0.3, -0.25) is 0 Å². The highest BCUT2D eigenvalue weighted by atomic mass is 16.3. The fraction of sp³-hybridized carbons (Fsp3) is 0.600. The van der Waals surface area contributed by atoms with E-state index in [1.807, 2.05) is 19.1 Å². The number of hydrogen-bond donors (Lipinski definition) is 1. The number of hydrogen-bond acceptors (Lipinski definition) is 2. The van der Waals surface area contributed by atoms with Crippen molar-refractivity contribution < 1.29 is 4.42 Å². The fourth-order valence-electron chi connectivity index (χ4n) is 1.49. The second kappa shape index (κ2) is 4.31. The molecule has 1 heterocycles. The van der Waals surface area contributed by atoms with Crippen LogP contribution in [-0.2, 0) is 6.42 Å². The Morgan fingerprint density at radius 1 is 1.50 bits per heavy atom. The zero-order valence-corrected chi connectivity index (χ0v) is 7.79.